The summed E-state index contributed by atoms with van der Waals surface area (Å²) in [6, 6.07) is 0. The van der Waals surface area contributed by atoms with Gasteiger partial charge in [0.1, 0.15) is 0 Å². The first kappa shape index (κ1) is 12.0. The Hall–Kier alpha value is -0.120. The fourth-order valence-electron chi connectivity index (χ4n) is 2.32. The van der Waals surface area contributed by atoms with Gasteiger partial charge in [0.25, 0.3) is 0 Å². The van der Waals surface area contributed by atoms with Crippen LogP contribution in [0.25, 0.3) is 0 Å². The van der Waals surface area contributed by atoms with Gasteiger partial charge in [-0.3, -0.25) is 0 Å². The quantitative estimate of drug-likeness (QED) is 0.688. The summed E-state index contributed by atoms with van der Waals surface area (Å²) >= 11 is 0. The van der Waals surface area contributed by atoms with Gasteiger partial charge in [0, 0.05) is 0 Å². The molecule has 2 nitrogen and oxygen atoms in total. The standard InChI is InChI=1S/C10H19FO2S/c1-10(2,3)6-8-4-9(5-8)7-14(11,12)13/h8-9H,4-7H2,1-3H3. The van der Waals surface area contributed by atoms with Gasteiger partial charge in [0.15, 0.2) is 0 Å². The first-order chi connectivity index (χ1) is 6.16. The molecule has 0 aromatic carbocycles. The van der Waals surface area contributed by atoms with Gasteiger partial charge < -0.3 is 0 Å². The zero-order valence-electron chi connectivity index (χ0n) is 9.09. The monoisotopic (exact) mass is 222 g/mol. The summed E-state index contributed by atoms with van der Waals surface area (Å²) in [4.78, 5) is 0. The molecular formula is C10H19FO2S. The average molecular weight is 222 g/mol. The van der Waals surface area contributed by atoms with Crippen LogP contribution >= 0.6 is 0 Å². The normalized spacial score (nSPS) is 28.6. The van der Waals surface area contributed by atoms with Crippen LogP contribution in [0.3, 0.4) is 0 Å². The molecule has 0 unspecified atom stereocenters. The van der Waals surface area contributed by atoms with E-state index in [4.69, 9.17) is 0 Å². The van der Waals surface area contributed by atoms with Crippen molar-refractivity contribution in [3.05, 3.63) is 0 Å². The molecule has 4 heteroatoms. The van der Waals surface area contributed by atoms with E-state index < -0.39 is 10.2 Å². The van der Waals surface area contributed by atoms with Crippen molar-refractivity contribution >= 4 is 10.2 Å². The predicted molar refractivity (Wildman–Crippen MR) is 55.2 cm³/mol. The maximum atomic E-state index is 12.3. The molecule has 0 radical (unpaired) electrons. The first-order valence-corrected chi connectivity index (χ1v) is 6.63. The largest absolute Gasteiger partial charge is 0.302 e. The molecule has 0 spiro atoms. The van der Waals surface area contributed by atoms with Crippen LogP contribution in [-0.2, 0) is 10.2 Å². The minimum absolute atomic E-state index is 0.0670. The smallest absolute Gasteiger partial charge is 0.195 e. The lowest BCUT2D eigenvalue weighted by atomic mass is 9.69. The molecule has 0 amide bonds. The lowest BCUT2D eigenvalue weighted by Crippen LogP contribution is -2.31. The van der Waals surface area contributed by atoms with E-state index in [1.807, 2.05) is 0 Å². The van der Waals surface area contributed by atoms with E-state index >= 15 is 0 Å². The zero-order chi connectivity index (χ0) is 11.0. The van der Waals surface area contributed by atoms with Crippen molar-refractivity contribution in [1.82, 2.24) is 0 Å². The van der Waals surface area contributed by atoms with E-state index in [2.05, 4.69) is 20.8 Å². The molecule has 0 atom stereocenters. The highest BCUT2D eigenvalue weighted by atomic mass is 32.3. The number of halogens is 1. The van der Waals surface area contributed by atoms with Crippen molar-refractivity contribution in [2.45, 2.75) is 40.0 Å². The van der Waals surface area contributed by atoms with E-state index in [-0.39, 0.29) is 11.7 Å². The van der Waals surface area contributed by atoms with E-state index in [1.54, 1.807) is 0 Å². The molecule has 0 aliphatic heterocycles. The van der Waals surface area contributed by atoms with Crippen LogP contribution in [0.5, 0.6) is 0 Å². The summed E-state index contributed by atoms with van der Waals surface area (Å²) in [5.74, 6) is 0.396. The Morgan fingerprint density at radius 1 is 1.21 bits per heavy atom. The average Bonchev–Trinajstić information content (AvgIpc) is 1.75. The fraction of sp³-hybridized carbons (Fsp3) is 1.00. The maximum Gasteiger partial charge on any atom is 0.302 e. The zero-order valence-corrected chi connectivity index (χ0v) is 9.90. The van der Waals surface area contributed by atoms with Crippen molar-refractivity contribution in [3.63, 3.8) is 0 Å². The third-order valence-electron chi connectivity index (χ3n) is 2.67. The lowest BCUT2D eigenvalue weighted by molar-refractivity contribution is 0.148. The Labute approximate surface area is 86.1 Å². The van der Waals surface area contributed by atoms with Gasteiger partial charge in [-0.15, -0.1) is 3.89 Å². The molecule has 1 saturated carbocycles. The van der Waals surface area contributed by atoms with Gasteiger partial charge >= 0.3 is 10.2 Å². The highest BCUT2D eigenvalue weighted by molar-refractivity contribution is 7.86. The second-order valence-electron chi connectivity index (χ2n) is 5.67. The SMILES string of the molecule is CC(C)(C)CC1CC(CS(=O)(=O)F)C1. The minimum atomic E-state index is -4.25. The van der Waals surface area contributed by atoms with Gasteiger partial charge in [-0.1, -0.05) is 20.8 Å². The highest BCUT2D eigenvalue weighted by Gasteiger charge is 2.34. The number of hydrogen-bond acceptors (Lipinski definition) is 2. The van der Waals surface area contributed by atoms with Crippen LogP contribution in [-0.4, -0.2) is 14.2 Å². The molecule has 1 rings (SSSR count). The molecule has 0 N–H and O–H groups in total. The molecule has 1 aliphatic carbocycles. The summed E-state index contributed by atoms with van der Waals surface area (Å²) in [6.07, 6.45) is 2.86. The second-order valence-corrected chi connectivity index (χ2v) is 7.08. The third-order valence-corrected chi connectivity index (χ3v) is 3.54. The summed E-state index contributed by atoms with van der Waals surface area (Å²) in [5.41, 5.74) is 0.296. The van der Waals surface area contributed by atoms with Crippen LogP contribution in [0.15, 0.2) is 0 Å². The van der Waals surface area contributed by atoms with Crippen molar-refractivity contribution in [3.8, 4) is 0 Å². The molecule has 1 aliphatic rings. The van der Waals surface area contributed by atoms with Gasteiger partial charge in [-0.05, 0) is 36.5 Å². The lowest BCUT2D eigenvalue weighted by Gasteiger charge is -2.38. The Balaban J connectivity index is 2.25. The molecule has 1 fully saturated rings. The van der Waals surface area contributed by atoms with E-state index in [0.29, 0.717) is 11.3 Å². The van der Waals surface area contributed by atoms with Crippen molar-refractivity contribution in [1.29, 1.82) is 0 Å². The number of hydrogen-bond donors (Lipinski definition) is 0. The molecule has 0 saturated heterocycles. The summed E-state index contributed by atoms with van der Waals surface area (Å²) in [5, 5.41) is 0. The van der Waals surface area contributed by atoms with E-state index in [0.717, 1.165) is 19.3 Å². The molecular weight excluding hydrogens is 203 g/mol. The Morgan fingerprint density at radius 3 is 2.07 bits per heavy atom. The van der Waals surface area contributed by atoms with Gasteiger partial charge in [0.2, 0.25) is 0 Å². The van der Waals surface area contributed by atoms with Crippen LogP contribution < -0.4 is 0 Å². The summed E-state index contributed by atoms with van der Waals surface area (Å²) in [7, 11) is -4.25. The highest BCUT2D eigenvalue weighted by Crippen LogP contribution is 2.41. The second kappa shape index (κ2) is 3.80. The van der Waals surface area contributed by atoms with Crippen LogP contribution in [0.1, 0.15) is 40.0 Å². The fourth-order valence-corrected chi connectivity index (χ4v) is 3.16. The summed E-state index contributed by atoms with van der Waals surface area (Å²) < 4.78 is 33.0. The van der Waals surface area contributed by atoms with Gasteiger partial charge in [-0.2, -0.15) is 8.42 Å². The Bertz CT molecular complexity index is 284. The molecule has 84 valence electrons. The van der Waals surface area contributed by atoms with Crippen LogP contribution in [0.2, 0.25) is 0 Å². The minimum Gasteiger partial charge on any atom is -0.195 e. The van der Waals surface area contributed by atoms with E-state index in [1.165, 1.54) is 0 Å². The molecule has 14 heavy (non-hydrogen) atoms. The van der Waals surface area contributed by atoms with E-state index in [9.17, 15) is 12.3 Å². The van der Waals surface area contributed by atoms with Gasteiger partial charge in [0.05, 0.1) is 5.75 Å². The van der Waals surface area contributed by atoms with Crippen LogP contribution in [0.4, 0.5) is 3.89 Å². The molecule has 0 aromatic heterocycles. The van der Waals surface area contributed by atoms with Gasteiger partial charge in [-0.25, -0.2) is 0 Å². The van der Waals surface area contributed by atoms with Crippen molar-refractivity contribution in [2.24, 2.45) is 17.3 Å². The first-order valence-electron chi connectivity index (χ1n) is 5.08. The predicted octanol–water partition coefficient (Wildman–Crippen LogP) is 2.75. The number of rotatable bonds is 3. The van der Waals surface area contributed by atoms with Crippen molar-refractivity contribution < 1.29 is 12.3 Å². The third kappa shape index (κ3) is 4.40. The molecule has 0 aromatic rings. The van der Waals surface area contributed by atoms with Crippen LogP contribution in [0, 0.1) is 17.3 Å². The topological polar surface area (TPSA) is 34.1 Å². The molecule has 0 bridgehead atoms. The molecule has 0 heterocycles. The Kier molecular flexibility index (Phi) is 3.24. The Morgan fingerprint density at radius 2 is 1.71 bits per heavy atom. The van der Waals surface area contributed by atoms with Crippen molar-refractivity contribution in [2.75, 3.05) is 5.75 Å². The maximum absolute atomic E-state index is 12.3. The summed E-state index contributed by atoms with van der Waals surface area (Å²) in [6.45, 7) is 6.52.